The van der Waals surface area contributed by atoms with Crippen LogP contribution in [0, 0.1) is 0 Å². The van der Waals surface area contributed by atoms with E-state index in [1.54, 1.807) is 17.0 Å². The van der Waals surface area contributed by atoms with E-state index in [9.17, 15) is 4.79 Å². The number of nitrogens with two attached hydrogens (primary N) is 1. The Hall–Kier alpha value is -3.34. The fraction of sp³-hybridized carbons (Fsp3) is 0.100. The van der Waals surface area contributed by atoms with Crippen molar-refractivity contribution in [2.75, 3.05) is 0 Å². The van der Waals surface area contributed by atoms with E-state index in [4.69, 9.17) is 10.2 Å². The molecular weight excluding hydrogens is 314 g/mol. The van der Waals surface area contributed by atoms with Gasteiger partial charge in [-0.1, -0.05) is 48.5 Å². The summed E-state index contributed by atoms with van der Waals surface area (Å²) in [6, 6.07) is 18.9. The lowest BCUT2D eigenvalue weighted by Gasteiger charge is -2.17. The number of aromatic nitrogens is 2. The van der Waals surface area contributed by atoms with Gasteiger partial charge in [-0.05, 0) is 17.7 Å². The first-order valence-electron chi connectivity index (χ1n) is 8.07. The number of imidazole rings is 1. The van der Waals surface area contributed by atoms with E-state index in [0.29, 0.717) is 18.0 Å². The zero-order valence-electron chi connectivity index (χ0n) is 13.5. The molecule has 1 atom stereocenters. The fourth-order valence-electron chi connectivity index (χ4n) is 3.02. The van der Waals surface area contributed by atoms with Crippen LogP contribution in [0.4, 0.5) is 0 Å². The van der Waals surface area contributed by atoms with Gasteiger partial charge in [-0.3, -0.25) is 4.79 Å². The molecule has 0 saturated carbocycles. The molecule has 0 spiro atoms. The van der Waals surface area contributed by atoms with Gasteiger partial charge in [0.15, 0.2) is 11.6 Å². The number of para-hydroxylation sites is 1. The van der Waals surface area contributed by atoms with Crippen molar-refractivity contribution < 1.29 is 9.21 Å². The largest absolute Gasteiger partial charge is 0.453 e. The molecule has 1 amide bonds. The molecule has 2 aromatic carbocycles. The lowest BCUT2D eigenvalue weighted by molar-refractivity contribution is -0.121. The molecule has 2 aromatic heterocycles. The molecule has 2 N–H and O–H groups in total. The number of carbonyl (C=O) groups excluding carboxylic acids is 1. The van der Waals surface area contributed by atoms with Crippen LogP contribution in [0.2, 0.25) is 0 Å². The van der Waals surface area contributed by atoms with Crippen molar-refractivity contribution in [2.24, 2.45) is 5.73 Å². The molecule has 0 aliphatic heterocycles. The van der Waals surface area contributed by atoms with E-state index in [-0.39, 0.29) is 0 Å². The van der Waals surface area contributed by atoms with Crippen LogP contribution in [0.3, 0.4) is 0 Å². The van der Waals surface area contributed by atoms with E-state index in [1.807, 2.05) is 60.7 Å². The third-order valence-electron chi connectivity index (χ3n) is 4.25. The highest BCUT2D eigenvalue weighted by Crippen LogP contribution is 2.29. The lowest BCUT2D eigenvalue weighted by atomic mass is 10.1. The molecule has 25 heavy (non-hydrogen) atoms. The van der Waals surface area contributed by atoms with Crippen LogP contribution in [0.25, 0.3) is 22.6 Å². The SMILES string of the molecule is NC(=O)[C@H](Cc1ccccc1)n1ccnc1-c1cc2ccccc2o1. The zero-order valence-corrected chi connectivity index (χ0v) is 13.5. The monoisotopic (exact) mass is 331 g/mol. The first kappa shape index (κ1) is 15.2. The Morgan fingerprint density at radius 1 is 1.12 bits per heavy atom. The highest BCUT2D eigenvalue weighted by Gasteiger charge is 2.23. The van der Waals surface area contributed by atoms with Gasteiger partial charge in [0, 0.05) is 24.2 Å². The number of primary amides is 1. The summed E-state index contributed by atoms with van der Waals surface area (Å²) in [5, 5.41) is 0.991. The molecule has 4 rings (SSSR count). The summed E-state index contributed by atoms with van der Waals surface area (Å²) in [6.07, 6.45) is 3.92. The summed E-state index contributed by atoms with van der Waals surface area (Å²) < 4.78 is 7.68. The van der Waals surface area contributed by atoms with E-state index in [2.05, 4.69) is 4.98 Å². The average molecular weight is 331 g/mol. The number of rotatable bonds is 5. The Bertz CT molecular complexity index is 985. The molecular formula is C20H17N3O2. The van der Waals surface area contributed by atoms with Crippen LogP contribution >= 0.6 is 0 Å². The van der Waals surface area contributed by atoms with Crippen LogP contribution in [-0.2, 0) is 11.2 Å². The second kappa shape index (κ2) is 6.28. The summed E-state index contributed by atoms with van der Waals surface area (Å²) in [7, 11) is 0. The molecule has 0 radical (unpaired) electrons. The van der Waals surface area contributed by atoms with Gasteiger partial charge in [-0.2, -0.15) is 0 Å². The minimum absolute atomic E-state index is 0.404. The second-order valence-electron chi connectivity index (χ2n) is 5.91. The Balaban J connectivity index is 1.74. The summed E-state index contributed by atoms with van der Waals surface area (Å²) in [5.74, 6) is 0.806. The van der Waals surface area contributed by atoms with Crippen molar-refractivity contribution in [3.05, 3.63) is 78.6 Å². The van der Waals surface area contributed by atoms with Gasteiger partial charge >= 0.3 is 0 Å². The maximum Gasteiger partial charge on any atom is 0.240 e. The topological polar surface area (TPSA) is 74.1 Å². The van der Waals surface area contributed by atoms with Crippen molar-refractivity contribution in [1.29, 1.82) is 0 Å². The zero-order chi connectivity index (χ0) is 17.2. The number of furan rings is 1. The van der Waals surface area contributed by atoms with E-state index >= 15 is 0 Å². The van der Waals surface area contributed by atoms with E-state index in [1.165, 1.54) is 0 Å². The molecule has 4 aromatic rings. The van der Waals surface area contributed by atoms with Crippen LogP contribution in [0.15, 0.2) is 77.5 Å². The summed E-state index contributed by atoms with van der Waals surface area (Å²) in [6.45, 7) is 0. The Kier molecular flexibility index (Phi) is 3.82. The van der Waals surface area contributed by atoms with Crippen molar-refractivity contribution >= 4 is 16.9 Å². The normalized spacial score (nSPS) is 12.3. The lowest BCUT2D eigenvalue weighted by Crippen LogP contribution is -2.28. The fourth-order valence-corrected chi connectivity index (χ4v) is 3.02. The number of amides is 1. The molecule has 0 unspecified atom stereocenters. The van der Waals surface area contributed by atoms with Crippen LogP contribution < -0.4 is 5.73 Å². The van der Waals surface area contributed by atoms with E-state index in [0.717, 1.165) is 16.5 Å². The van der Waals surface area contributed by atoms with Crippen molar-refractivity contribution in [2.45, 2.75) is 12.5 Å². The molecule has 5 nitrogen and oxygen atoms in total. The highest BCUT2D eigenvalue weighted by molar-refractivity contribution is 5.83. The minimum atomic E-state index is -0.534. The summed E-state index contributed by atoms with van der Waals surface area (Å²) in [4.78, 5) is 16.5. The number of benzene rings is 2. The number of nitrogens with zero attached hydrogens (tertiary/aromatic N) is 2. The van der Waals surface area contributed by atoms with Crippen LogP contribution in [0.5, 0.6) is 0 Å². The first-order chi connectivity index (χ1) is 12.2. The highest BCUT2D eigenvalue weighted by atomic mass is 16.3. The van der Waals surface area contributed by atoms with Crippen molar-refractivity contribution in [3.8, 4) is 11.6 Å². The smallest absolute Gasteiger partial charge is 0.240 e. The van der Waals surface area contributed by atoms with Crippen LogP contribution in [0.1, 0.15) is 11.6 Å². The van der Waals surface area contributed by atoms with Gasteiger partial charge in [-0.25, -0.2) is 4.98 Å². The van der Waals surface area contributed by atoms with Crippen molar-refractivity contribution in [3.63, 3.8) is 0 Å². The second-order valence-corrected chi connectivity index (χ2v) is 5.91. The standard InChI is InChI=1S/C20H17N3O2/c21-19(24)16(12-14-6-2-1-3-7-14)23-11-10-22-20(23)18-13-15-8-4-5-9-17(15)25-18/h1-11,13,16H,12H2,(H2,21,24)/t16-/m0/s1. The third kappa shape index (κ3) is 2.92. The number of hydrogen-bond acceptors (Lipinski definition) is 3. The van der Waals surface area contributed by atoms with Gasteiger partial charge in [-0.15, -0.1) is 0 Å². The summed E-state index contributed by atoms with van der Waals surface area (Å²) >= 11 is 0. The molecule has 2 heterocycles. The van der Waals surface area contributed by atoms with Gasteiger partial charge in [0.2, 0.25) is 5.91 Å². The Labute approximate surface area is 144 Å². The molecule has 0 bridgehead atoms. The van der Waals surface area contributed by atoms with Gasteiger partial charge in [0.05, 0.1) is 0 Å². The maximum absolute atomic E-state index is 12.1. The van der Waals surface area contributed by atoms with Crippen molar-refractivity contribution in [1.82, 2.24) is 9.55 Å². The van der Waals surface area contributed by atoms with Gasteiger partial charge < -0.3 is 14.7 Å². The average Bonchev–Trinajstić information content (AvgIpc) is 3.26. The molecule has 0 saturated heterocycles. The van der Waals surface area contributed by atoms with E-state index < -0.39 is 11.9 Å². The molecule has 0 aliphatic carbocycles. The molecule has 0 aliphatic rings. The Morgan fingerprint density at radius 2 is 1.88 bits per heavy atom. The summed E-state index contributed by atoms with van der Waals surface area (Å²) in [5.41, 5.74) is 7.50. The molecule has 0 fully saturated rings. The van der Waals surface area contributed by atoms with Gasteiger partial charge in [0.1, 0.15) is 11.6 Å². The number of fused-ring (bicyclic) bond motifs is 1. The van der Waals surface area contributed by atoms with Gasteiger partial charge in [0.25, 0.3) is 0 Å². The quantitative estimate of drug-likeness (QED) is 0.607. The third-order valence-corrected chi connectivity index (χ3v) is 4.25. The Morgan fingerprint density at radius 3 is 2.64 bits per heavy atom. The number of hydrogen-bond donors (Lipinski definition) is 1. The molecule has 5 heteroatoms. The minimum Gasteiger partial charge on any atom is -0.453 e. The predicted octanol–water partition coefficient (Wildman–Crippen LogP) is 3.57. The molecule has 124 valence electrons. The number of carbonyl (C=O) groups is 1. The predicted molar refractivity (Wildman–Crippen MR) is 95.8 cm³/mol. The first-order valence-corrected chi connectivity index (χ1v) is 8.07. The maximum atomic E-state index is 12.1. The van der Waals surface area contributed by atoms with Crippen LogP contribution in [-0.4, -0.2) is 15.5 Å².